The number of phenols is 1. The van der Waals surface area contributed by atoms with Gasteiger partial charge in [-0.05, 0) is 199 Å². The van der Waals surface area contributed by atoms with Crippen LogP contribution in [0, 0.1) is 52.3 Å². The molecule has 88 heavy (non-hydrogen) atoms. The Labute approximate surface area is 514 Å². The SMILES string of the molecule is CC(C)C[C@H](NC(=O)[C@H](CCCCN)NC(=O)[C@H](CCCCN)NC(=O)[C@H](CCC(N)=O)NC(=O)[C@H](Cc1ccc(O)cc1)NC(=O)CNC(=O)CNC(=O)CC[C@@H](C)[C@H]1CCC2C3CCC4C[C@H](OC(=O)C(F)(F)F)CC[C@]4(C)C3CC[C@@]21C)C(N)=O. The lowest BCUT2D eigenvalue weighted by Crippen LogP contribution is -2.59. The molecule has 0 bridgehead atoms. The van der Waals surface area contributed by atoms with Gasteiger partial charge in [0.05, 0.1) is 13.1 Å². The zero-order valence-corrected chi connectivity index (χ0v) is 51.9. The van der Waals surface area contributed by atoms with E-state index in [0.717, 1.165) is 44.9 Å². The van der Waals surface area contributed by atoms with Crippen molar-refractivity contribution >= 4 is 59.1 Å². The van der Waals surface area contributed by atoms with Crippen molar-refractivity contribution in [3.05, 3.63) is 29.8 Å². The van der Waals surface area contributed by atoms with Gasteiger partial charge >= 0.3 is 12.1 Å². The van der Waals surface area contributed by atoms with E-state index in [1.54, 1.807) is 0 Å². The predicted octanol–water partition coefficient (Wildman–Crippen LogP) is 3.20. The maximum absolute atomic E-state index is 14.2. The molecule has 1 aromatic carbocycles. The number of primary amides is 2. The van der Waals surface area contributed by atoms with Gasteiger partial charge in [0, 0.05) is 19.3 Å². The molecule has 4 unspecified atom stereocenters. The molecule has 26 heteroatoms. The van der Waals surface area contributed by atoms with Crippen molar-refractivity contribution in [3.8, 4) is 5.75 Å². The van der Waals surface area contributed by atoms with E-state index in [0.29, 0.717) is 80.7 Å². The number of aromatic hydroxyl groups is 1. The number of carbonyl (C=O) groups is 10. The van der Waals surface area contributed by atoms with Crippen LogP contribution in [0.25, 0.3) is 0 Å². The number of nitrogens with two attached hydrogens (primary N) is 4. The standard InChI is InChI=1S/C62H98F3N11O12/c1-35(2)30-48(54(69)82)76-56(84)46(11-7-9-29-67)73-55(83)45(10-6-8-28-66)74-57(85)47(21-22-50(68)78)75-58(86)49(31-37-13-16-39(77)17-14-37)72-53(81)34-71-52(80)33-70-51(79)23-12-36(3)42-19-20-43-41-18-15-38-32-40(88-59(87)62(63,64)65)24-26-60(38,4)44(41)25-27-61(42,43)5/h13-14,16-17,35-36,38,40-49,77H,6-12,15,18-34,66-67H2,1-5H3,(H2,68,78)(H2,69,82)(H,70,79)(H,71,80)(H,72,81)(H,73,83)(H,74,85)(H,75,86)(H,76,84)/t36-,38?,40-,41?,42-,43?,44?,45+,46+,47+,48+,49+,60+,61-/m1/s1. The molecule has 4 aliphatic rings. The van der Waals surface area contributed by atoms with Crippen LogP contribution in [-0.2, 0) is 59.1 Å². The largest absolute Gasteiger partial charge is 0.508 e. The zero-order valence-electron chi connectivity index (χ0n) is 51.9. The quantitative estimate of drug-likeness (QED) is 0.0349. The first-order chi connectivity index (χ1) is 41.5. The van der Waals surface area contributed by atoms with Gasteiger partial charge in [-0.1, -0.05) is 46.8 Å². The first-order valence-electron chi connectivity index (χ1n) is 31.6. The fourth-order valence-corrected chi connectivity index (χ4v) is 14.8. The molecule has 0 spiro atoms. The predicted molar refractivity (Wildman–Crippen MR) is 320 cm³/mol. The van der Waals surface area contributed by atoms with Gasteiger partial charge in [-0.15, -0.1) is 0 Å². The van der Waals surface area contributed by atoms with Gasteiger partial charge in [0.2, 0.25) is 53.2 Å². The molecule has 0 radical (unpaired) electrons. The van der Waals surface area contributed by atoms with E-state index in [1.165, 1.54) is 24.3 Å². The van der Waals surface area contributed by atoms with Crippen LogP contribution in [-0.4, -0.2) is 133 Å². The summed E-state index contributed by atoms with van der Waals surface area (Å²) < 4.78 is 44.0. The fourth-order valence-electron chi connectivity index (χ4n) is 14.8. The second-order valence-electron chi connectivity index (χ2n) is 26.1. The van der Waals surface area contributed by atoms with Crippen LogP contribution in [0.1, 0.15) is 169 Å². The average molecular weight is 1250 g/mol. The van der Waals surface area contributed by atoms with E-state index < -0.39 is 115 Å². The lowest BCUT2D eigenvalue weighted by atomic mass is 9.44. The van der Waals surface area contributed by atoms with Crippen LogP contribution in [0.5, 0.6) is 5.75 Å². The number of phenolic OH excluding ortho intramolecular Hbond substituents is 1. The molecule has 9 amide bonds. The third-order valence-electron chi connectivity index (χ3n) is 19.5. The third-order valence-corrected chi connectivity index (χ3v) is 19.5. The van der Waals surface area contributed by atoms with E-state index in [1.807, 2.05) is 13.8 Å². The number of amides is 9. The van der Waals surface area contributed by atoms with Gasteiger partial charge in [0.1, 0.15) is 42.1 Å². The monoisotopic (exact) mass is 1250 g/mol. The van der Waals surface area contributed by atoms with Crippen LogP contribution < -0.4 is 60.2 Å². The molecular weight excluding hydrogens is 1150 g/mol. The first-order valence-corrected chi connectivity index (χ1v) is 31.6. The highest BCUT2D eigenvalue weighted by Gasteiger charge is 2.61. The number of nitrogens with one attached hydrogen (secondary N) is 7. The summed E-state index contributed by atoms with van der Waals surface area (Å²) in [5, 5.41) is 28.2. The Balaban J connectivity index is 1.16. The van der Waals surface area contributed by atoms with Crippen LogP contribution in [0.2, 0.25) is 0 Å². The number of alkyl halides is 3. The fraction of sp³-hybridized carbons (Fsp3) is 0.742. The lowest BCUT2D eigenvalue weighted by Gasteiger charge is -2.61. The molecule has 5 rings (SSSR count). The Bertz CT molecular complexity index is 2580. The molecule has 0 aliphatic heterocycles. The summed E-state index contributed by atoms with van der Waals surface area (Å²) in [7, 11) is 0. The Kier molecular flexibility index (Phi) is 27.3. The second kappa shape index (κ2) is 33.3. The number of halogens is 3. The van der Waals surface area contributed by atoms with E-state index >= 15 is 0 Å². The minimum atomic E-state index is -5.01. The van der Waals surface area contributed by atoms with E-state index in [9.17, 15) is 66.2 Å². The minimum absolute atomic E-state index is 0.0106. The van der Waals surface area contributed by atoms with Gasteiger partial charge in [0.15, 0.2) is 0 Å². The minimum Gasteiger partial charge on any atom is -0.508 e. The van der Waals surface area contributed by atoms with Crippen LogP contribution >= 0.6 is 0 Å². The molecule has 494 valence electrons. The zero-order chi connectivity index (χ0) is 65.1. The second-order valence-corrected chi connectivity index (χ2v) is 26.1. The van der Waals surface area contributed by atoms with Gasteiger partial charge < -0.3 is 70.0 Å². The molecule has 14 atom stereocenters. The van der Waals surface area contributed by atoms with E-state index in [-0.39, 0.29) is 85.3 Å². The number of rotatable bonds is 34. The van der Waals surface area contributed by atoms with Crippen molar-refractivity contribution in [1.82, 2.24) is 37.2 Å². The number of ether oxygens (including phenoxy) is 1. The van der Waals surface area contributed by atoms with Crippen LogP contribution in [0.3, 0.4) is 0 Å². The van der Waals surface area contributed by atoms with Crippen molar-refractivity contribution in [1.29, 1.82) is 0 Å². The smallest absolute Gasteiger partial charge is 0.490 e. The highest BCUT2D eigenvalue weighted by molar-refractivity contribution is 5.97. The van der Waals surface area contributed by atoms with Gasteiger partial charge in [-0.25, -0.2) is 4.79 Å². The third kappa shape index (κ3) is 20.8. The summed E-state index contributed by atoms with van der Waals surface area (Å²) >= 11 is 0. The number of unbranched alkanes of at least 4 members (excludes halogenated alkanes) is 2. The topological polar surface area (TPSA) is 388 Å². The number of hydrogen-bond acceptors (Lipinski definition) is 14. The summed E-state index contributed by atoms with van der Waals surface area (Å²) in [6.07, 6.45) is 3.86. The Morgan fingerprint density at radius 3 is 1.70 bits per heavy atom. The summed E-state index contributed by atoms with van der Waals surface area (Å²) in [5.41, 5.74) is 23.0. The number of esters is 1. The maximum Gasteiger partial charge on any atom is 0.490 e. The molecule has 0 aromatic heterocycles. The number of fused-ring (bicyclic) bond motifs is 5. The van der Waals surface area contributed by atoms with Crippen molar-refractivity contribution < 1.29 is 71.0 Å². The molecule has 1 aromatic rings. The number of carbonyl (C=O) groups excluding carboxylic acids is 10. The maximum atomic E-state index is 14.2. The normalized spacial score (nSPS) is 25.1. The van der Waals surface area contributed by atoms with Crippen molar-refractivity contribution in [2.75, 3.05) is 26.2 Å². The molecule has 0 saturated heterocycles. The lowest BCUT2D eigenvalue weighted by molar-refractivity contribution is -0.210. The van der Waals surface area contributed by atoms with Crippen molar-refractivity contribution in [2.24, 2.45) is 75.2 Å². The number of hydrogen-bond donors (Lipinski definition) is 12. The molecule has 0 heterocycles. The van der Waals surface area contributed by atoms with E-state index in [4.69, 9.17) is 27.7 Å². The molecule has 4 saturated carbocycles. The number of benzene rings is 1. The summed E-state index contributed by atoms with van der Waals surface area (Å²) in [6, 6.07) is -0.673. The highest BCUT2D eigenvalue weighted by atomic mass is 19.4. The van der Waals surface area contributed by atoms with Gasteiger partial charge in [0.25, 0.3) is 0 Å². The molecule has 23 nitrogen and oxygen atoms in total. The molecule has 4 fully saturated rings. The summed E-state index contributed by atoms with van der Waals surface area (Å²) in [5.74, 6) is -6.70. The Morgan fingerprint density at radius 2 is 1.15 bits per heavy atom. The van der Waals surface area contributed by atoms with Gasteiger partial charge in [-0.3, -0.25) is 43.2 Å². The summed E-state index contributed by atoms with van der Waals surface area (Å²) in [4.78, 5) is 132. The summed E-state index contributed by atoms with van der Waals surface area (Å²) in [6.45, 7) is 10.1. The Hall–Kier alpha value is -6.57. The van der Waals surface area contributed by atoms with Crippen molar-refractivity contribution in [2.45, 2.75) is 212 Å². The van der Waals surface area contributed by atoms with Crippen LogP contribution in [0.15, 0.2) is 24.3 Å². The molecular formula is C62H98F3N11O12. The Morgan fingerprint density at radius 1 is 0.614 bits per heavy atom. The average Bonchev–Trinajstić information content (AvgIpc) is 1.35. The molecule has 4 aliphatic carbocycles. The highest BCUT2D eigenvalue weighted by Crippen LogP contribution is 2.68. The van der Waals surface area contributed by atoms with Crippen molar-refractivity contribution in [3.63, 3.8) is 0 Å². The van der Waals surface area contributed by atoms with Crippen LogP contribution in [0.4, 0.5) is 13.2 Å². The first kappa shape index (κ1) is 72.2. The molecule has 16 N–H and O–H groups in total. The van der Waals surface area contributed by atoms with E-state index in [2.05, 4.69) is 58.0 Å². The van der Waals surface area contributed by atoms with Gasteiger partial charge in [-0.2, -0.15) is 13.2 Å².